The molecule has 4 nitrogen and oxygen atoms in total. The van der Waals surface area contributed by atoms with E-state index in [1.807, 2.05) is 31.2 Å². The standard InChI is InChI=1S/C12H15NO3/c1-3-10-11(16-12(14)13-10)8-4-6-9(15-2)7-5-8/h4-7,10-11H,3H2,1-2H3,(H,13,14)/t10?,11-/m0/s1. The SMILES string of the molecule is CCC1NC(=O)O[C@H]1c1ccc(OC)cc1. The molecular formula is C12H15NO3. The predicted molar refractivity (Wildman–Crippen MR) is 59.4 cm³/mol. The van der Waals surface area contributed by atoms with Crippen LogP contribution in [0.5, 0.6) is 5.75 Å². The number of carbonyl (C=O) groups excluding carboxylic acids is 1. The van der Waals surface area contributed by atoms with Crippen LogP contribution in [0.15, 0.2) is 24.3 Å². The minimum absolute atomic E-state index is 0.0564. The molecule has 1 aromatic rings. The molecule has 4 heteroatoms. The van der Waals surface area contributed by atoms with Gasteiger partial charge in [0.15, 0.2) is 0 Å². The zero-order valence-corrected chi connectivity index (χ0v) is 9.40. The van der Waals surface area contributed by atoms with E-state index in [1.165, 1.54) is 0 Å². The van der Waals surface area contributed by atoms with E-state index in [4.69, 9.17) is 9.47 Å². The van der Waals surface area contributed by atoms with Crippen LogP contribution in [0, 0.1) is 0 Å². The summed E-state index contributed by atoms with van der Waals surface area (Å²) < 4.78 is 10.3. The highest BCUT2D eigenvalue weighted by atomic mass is 16.6. The summed E-state index contributed by atoms with van der Waals surface area (Å²) in [5.74, 6) is 0.800. The highest BCUT2D eigenvalue weighted by Gasteiger charge is 2.33. The number of carbonyl (C=O) groups is 1. The minimum Gasteiger partial charge on any atom is -0.497 e. The molecule has 0 aromatic heterocycles. The fourth-order valence-electron chi connectivity index (χ4n) is 1.87. The average Bonchev–Trinajstić information content (AvgIpc) is 2.70. The van der Waals surface area contributed by atoms with Crippen molar-refractivity contribution in [2.75, 3.05) is 7.11 Å². The first-order valence-electron chi connectivity index (χ1n) is 5.35. The minimum atomic E-state index is -0.340. The van der Waals surface area contributed by atoms with Crippen molar-refractivity contribution in [3.63, 3.8) is 0 Å². The molecule has 0 bridgehead atoms. The molecule has 0 saturated carbocycles. The lowest BCUT2D eigenvalue weighted by Gasteiger charge is -2.15. The van der Waals surface area contributed by atoms with Gasteiger partial charge in [0.2, 0.25) is 0 Å². The number of rotatable bonds is 3. The van der Waals surface area contributed by atoms with Gasteiger partial charge in [0.25, 0.3) is 0 Å². The van der Waals surface area contributed by atoms with E-state index >= 15 is 0 Å². The van der Waals surface area contributed by atoms with E-state index in [9.17, 15) is 4.79 Å². The summed E-state index contributed by atoms with van der Waals surface area (Å²) in [4.78, 5) is 11.2. The van der Waals surface area contributed by atoms with Crippen LogP contribution in [-0.2, 0) is 4.74 Å². The topological polar surface area (TPSA) is 47.6 Å². The van der Waals surface area contributed by atoms with Gasteiger partial charge >= 0.3 is 6.09 Å². The molecule has 0 spiro atoms. The van der Waals surface area contributed by atoms with Crippen molar-refractivity contribution in [3.8, 4) is 5.75 Å². The molecule has 2 rings (SSSR count). The summed E-state index contributed by atoms with van der Waals surface area (Å²) in [5.41, 5.74) is 0.992. The maximum Gasteiger partial charge on any atom is 0.408 e. The van der Waals surface area contributed by atoms with Crippen LogP contribution in [0.25, 0.3) is 0 Å². The number of methoxy groups -OCH3 is 1. The van der Waals surface area contributed by atoms with Gasteiger partial charge in [-0.1, -0.05) is 19.1 Å². The van der Waals surface area contributed by atoms with Crippen molar-refractivity contribution in [1.29, 1.82) is 0 Å². The molecule has 1 heterocycles. The van der Waals surface area contributed by atoms with Gasteiger partial charge in [-0.15, -0.1) is 0 Å². The summed E-state index contributed by atoms with van der Waals surface area (Å²) in [6, 6.07) is 7.64. The number of benzene rings is 1. The van der Waals surface area contributed by atoms with Gasteiger partial charge in [-0.05, 0) is 24.1 Å². The van der Waals surface area contributed by atoms with Crippen molar-refractivity contribution in [2.24, 2.45) is 0 Å². The van der Waals surface area contributed by atoms with Crippen molar-refractivity contribution in [1.82, 2.24) is 5.32 Å². The summed E-state index contributed by atoms with van der Waals surface area (Å²) in [6.07, 6.45) is 0.318. The highest BCUT2D eigenvalue weighted by Crippen LogP contribution is 2.29. The molecule has 1 aromatic carbocycles. The zero-order chi connectivity index (χ0) is 11.5. The second-order valence-corrected chi connectivity index (χ2v) is 3.76. The first kappa shape index (κ1) is 10.8. The summed E-state index contributed by atoms with van der Waals surface area (Å²) in [5, 5.41) is 2.79. The Morgan fingerprint density at radius 1 is 1.38 bits per heavy atom. The Kier molecular flexibility index (Phi) is 2.99. The molecule has 1 unspecified atom stereocenters. The second kappa shape index (κ2) is 4.43. The molecular weight excluding hydrogens is 206 g/mol. The predicted octanol–water partition coefficient (Wildman–Crippen LogP) is 2.25. The Morgan fingerprint density at radius 2 is 2.06 bits per heavy atom. The molecule has 1 fully saturated rings. The van der Waals surface area contributed by atoms with Gasteiger partial charge in [0, 0.05) is 0 Å². The Balaban J connectivity index is 2.19. The number of cyclic esters (lactones) is 1. The van der Waals surface area contributed by atoms with Gasteiger partial charge < -0.3 is 14.8 Å². The normalized spacial score (nSPS) is 23.8. The fraction of sp³-hybridized carbons (Fsp3) is 0.417. The van der Waals surface area contributed by atoms with Crippen LogP contribution in [0.1, 0.15) is 25.0 Å². The highest BCUT2D eigenvalue weighted by molar-refractivity contribution is 5.70. The van der Waals surface area contributed by atoms with E-state index in [1.54, 1.807) is 7.11 Å². The number of hydrogen-bond donors (Lipinski definition) is 1. The fourth-order valence-corrected chi connectivity index (χ4v) is 1.87. The van der Waals surface area contributed by atoms with E-state index in [-0.39, 0.29) is 18.2 Å². The van der Waals surface area contributed by atoms with Gasteiger partial charge in [0.05, 0.1) is 13.2 Å². The van der Waals surface area contributed by atoms with E-state index in [2.05, 4.69) is 5.32 Å². The Labute approximate surface area is 94.6 Å². The van der Waals surface area contributed by atoms with Crippen LogP contribution in [0.3, 0.4) is 0 Å². The molecule has 16 heavy (non-hydrogen) atoms. The van der Waals surface area contributed by atoms with E-state index < -0.39 is 0 Å². The molecule has 2 atom stereocenters. The number of amides is 1. The molecule has 1 aliphatic heterocycles. The molecule has 1 saturated heterocycles. The lowest BCUT2D eigenvalue weighted by atomic mass is 10.0. The number of hydrogen-bond acceptors (Lipinski definition) is 3. The Bertz CT molecular complexity index is 374. The van der Waals surface area contributed by atoms with E-state index in [0.717, 1.165) is 17.7 Å². The van der Waals surface area contributed by atoms with Crippen LogP contribution in [0.2, 0.25) is 0 Å². The monoisotopic (exact) mass is 221 g/mol. The van der Waals surface area contributed by atoms with Gasteiger partial charge in [-0.2, -0.15) is 0 Å². The van der Waals surface area contributed by atoms with Crippen LogP contribution >= 0.6 is 0 Å². The Hall–Kier alpha value is -1.71. The zero-order valence-electron chi connectivity index (χ0n) is 9.40. The lowest BCUT2D eigenvalue weighted by Crippen LogP contribution is -2.26. The van der Waals surface area contributed by atoms with Crippen molar-refractivity contribution in [2.45, 2.75) is 25.5 Å². The third-order valence-electron chi connectivity index (χ3n) is 2.79. The third kappa shape index (κ3) is 1.96. The van der Waals surface area contributed by atoms with Crippen molar-refractivity contribution in [3.05, 3.63) is 29.8 Å². The maximum atomic E-state index is 11.2. The molecule has 0 aliphatic carbocycles. The number of ether oxygens (including phenoxy) is 2. The molecule has 1 aliphatic rings. The van der Waals surface area contributed by atoms with Gasteiger partial charge in [0.1, 0.15) is 11.9 Å². The largest absolute Gasteiger partial charge is 0.497 e. The van der Waals surface area contributed by atoms with Gasteiger partial charge in [-0.3, -0.25) is 0 Å². The quantitative estimate of drug-likeness (QED) is 0.851. The van der Waals surface area contributed by atoms with Crippen molar-refractivity contribution < 1.29 is 14.3 Å². The maximum absolute atomic E-state index is 11.2. The van der Waals surface area contributed by atoms with Crippen LogP contribution in [-0.4, -0.2) is 19.2 Å². The van der Waals surface area contributed by atoms with Crippen molar-refractivity contribution >= 4 is 6.09 Å². The number of nitrogens with one attached hydrogen (secondary N) is 1. The first-order valence-corrected chi connectivity index (χ1v) is 5.35. The summed E-state index contributed by atoms with van der Waals surface area (Å²) in [6.45, 7) is 2.02. The third-order valence-corrected chi connectivity index (χ3v) is 2.79. The average molecular weight is 221 g/mol. The molecule has 86 valence electrons. The smallest absolute Gasteiger partial charge is 0.408 e. The van der Waals surface area contributed by atoms with Gasteiger partial charge in [-0.25, -0.2) is 4.79 Å². The molecule has 1 amide bonds. The molecule has 1 N–H and O–H groups in total. The Morgan fingerprint density at radius 3 is 2.62 bits per heavy atom. The lowest BCUT2D eigenvalue weighted by molar-refractivity contribution is 0.131. The number of alkyl carbamates (subject to hydrolysis) is 1. The summed E-state index contributed by atoms with van der Waals surface area (Å²) >= 11 is 0. The van der Waals surface area contributed by atoms with Crippen LogP contribution in [0.4, 0.5) is 4.79 Å². The van der Waals surface area contributed by atoms with Crippen LogP contribution < -0.4 is 10.1 Å². The summed E-state index contributed by atoms with van der Waals surface area (Å²) in [7, 11) is 1.63. The second-order valence-electron chi connectivity index (χ2n) is 3.76. The first-order chi connectivity index (χ1) is 7.74. The molecule has 0 radical (unpaired) electrons. The van der Waals surface area contributed by atoms with E-state index in [0.29, 0.717) is 0 Å².